The summed E-state index contributed by atoms with van der Waals surface area (Å²) in [5, 5.41) is 3.49. The van der Waals surface area contributed by atoms with Gasteiger partial charge in [0, 0.05) is 11.6 Å². The average Bonchev–Trinajstić information content (AvgIpc) is 2.73. The number of carbonyl (C=O) groups is 1. The quantitative estimate of drug-likeness (QED) is 0.522. The van der Waals surface area contributed by atoms with Gasteiger partial charge < -0.3 is 5.32 Å². The van der Waals surface area contributed by atoms with Crippen molar-refractivity contribution in [1.82, 2.24) is 9.62 Å². The van der Waals surface area contributed by atoms with E-state index >= 15 is 0 Å². The molecule has 0 radical (unpaired) electrons. The van der Waals surface area contributed by atoms with Gasteiger partial charge in [0.15, 0.2) is 0 Å². The lowest BCUT2D eigenvalue weighted by molar-refractivity contribution is -0.121. The minimum atomic E-state index is -3.64. The van der Waals surface area contributed by atoms with Crippen LogP contribution >= 0.6 is 11.6 Å². The highest BCUT2D eigenvalue weighted by Crippen LogP contribution is 2.26. The van der Waals surface area contributed by atoms with Gasteiger partial charge in [0.1, 0.15) is 0 Å². The zero-order valence-electron chi connectivity index (χ0n) is 18.4. The van der Waals surface area contributed by atoms with E-state index in [1.54, 1.807) is 24.3 Å². The maximum absolute atomic E-state index is 13.1. The van der Waals surface area contributed by atoms with Gasteiger partial charge in [-0.25, -0.2) is 8.42 Å². The number of sulfonamides is 1. The Morgan fingerprint density at radius 1 is 1.00 bits per heavy atom. The van der Waals surface area contributed by atoms with Crippen LogP contribution in [0.15, 0.2) is 72.8 Å². The lowest BCUT2D eigenvalue weighted by atomic mass is 9.94. The Morgan fingerprint density at radius 3 is 2.28 bits per heavy atom. The third kappa shape index (κ3) is 6.19. The Kier molecular flexibility index (Phi) is 7.72. The number of rotatable bonds is 8. The minimum absolute atomic E-state index is 0.0193. The molecule has 1 atom stereocenters. The number of benzene rings is 3. The van der Waals surface area contributed by atoms with Gasteiger partial charge >= 0.3 is 0 Å². The summed E-state index contributed by atoms with van der Waals surface area (Å²) in [4.78, 5) is 13.1. The van der Waals surface area contributed by atoms with Gasteiger partial charge in [-0.1, -0.05) is 83.9 Å². The molecule has 0 saturated carbocycles. The van der Waals surface area contributed by atoms with E-state index in [2.05, 4.69) is 11.4 Å². The lowest BCUT2D eigenvalue weighted by Crippen LogP contribution is -2.41. The van der Waals surface area contributed by atoms with Gasteiger partial charge in [0.05, 0.1) is 18.8 Å². The van der Waals surface area contributed by atoms with Crippen molar-refractivity contribution in [2.24, 2.45) is 0 Å². The molecule has 3 aromatic carbocycles. The van der Waals surface area contributed by atoms with Crippen LogP contribution in [0.2, 0.25) is 5.02 Å². The molecule has 3 aromatic rings. The summed E-state index contributed by atoms with van der Waals surface area (Å²) in [6.45, 7) is 3.74. The molecular formula is C25H27ClN2O3S. The van der Waals surface area contributed by atoms with E-state index in [1.807, 2.05) is 56.3 Å². The molecule has 0 aromatic heterocycles. The number of nitrogens with one attached hydrogen (secondary N) is 1. The monoisotopic (exact) mass is 470 g/mol. The highest BCUT2D eigenvalue weighted by molar-refractivity contribution is 7.88. The highest BCUT2D eigenvalue weighted by Gasteiger charge is 2.24. The highest BCUT2D eigenvalue weighted by atomic mass is 35.5. The van der Waals surface area contributed by atoms with Crippen LogP contribution in [-0.4, -0.2) is 31.4 Å². The van der Waals surface area contributed by atoms with Crippen LogP contribution < -0.4 is 5.32 Å². The first-order chi connectivity index (χ1) is 15.1. The predicted octanol–water partition coefficient (Wildman–Crippen LogP) is 4.62. The van der Waals surface area contributed by atoms with Gasteiger partial charge in [-0.2, -0.15) is 4.31 Å². The maximum atomic E-state index is 13.1. The Hall–Kier alpha value is -2.67. The fraction of sp³-hybridized carbons (Fsp3) is 0.240. The normalized spacial score (nSPS) is 12.5. The summed E-state index contributed by atoms with van der Waals surface area (Å²) in [6, 6.07) is 22.3. The number of hydrogen-bond acceptors (Lipinski definition) is 3. The number of halogens is 1. The van der Waals surface area contributed by atoms with Crippen molar-refractivity contribution in [3.8, 4) is 0 Å². The SMILES string of the molecule is Cc1ccc([C@H](NC(=O)CN(Cc2ccccc2Cl)S(C)(=O)=O)c2ccccc2)c(C)c1. The van der Waals surface area contributed by atoms with E-state index in [4.69, 9.17) is 11.6 Å². The first kappa shape index (κ1) is 24.0. The summed E-state index contributed by atoms with van der Waals surface area (Å²) < 4.78 is 25.9. The van der Waals surface area contributed by atoms with Gasteiger partial charge in [0.2, 0.25) is 15.9 Å². The number of nitrogens with zero attached hydrogens (tertiary/aromatic N) is 1. The molecule has 32 heavy (non-hydrogen) atoms. The van der Waals surface area contributed by atoms with Gasteiger partial charge in [0.25, 0.3) is 0 Å². The molecule has 0 unspecified atom stereocenters. The summed E-state index contributed by atoms with van der Waals surface area (Å²) in [6.07, 6.45) is 1.09. The molecule has 7 heteroatoms. The molecule has 3 rings (SSSR count). The van der Waals surface area contributed by atoms with Crippen molar-refractivity contribution in [1.29, 1.82) is 0 Å². The van der Waals surface area contributed by atoms with E-state index in [-0.39, 0.29) is 13.1 Å². The van der Waals surface area contributed by atoms with E-state index < -0.39 is 22.0 Å². The van der Waals surface area contributed by atoms with E-state index in [0.29, 0.717) is 10.6 Å². The number of hydrogen-bond donors (Lipinski definition) is 1. The van der Waals surface area contributed by atoms with Crippen LogP contribution in [0.3, 0.4) is 0 Å². The number of aryl methyl sites for hydroxylation is 2. The molecule has 0 aliphatic rings. The number of carbonyl (C=O) groups excluding carboxylic acids is 1. The summed E-state index contributed by atoms with van der Waals surface area (Å²) in [7, 11) is -3.64. The second kappa shape index (κ2) is 10.3. The fourth-order valence-corrected chi connectivity index (χ4v) is 4.53. The number of amides is 1. The molecule has 1 N–H and O–H groups in total. The van der Waals surface area contributed by atoms with Crippen LogP contribution in [0.4, 0.5) is 0 Å². The van der Waals surface area contributed by atoms with Gasteiger partial charge in [-0.3, -0.25) is 4.79 Å². The molecule has 0 aliphatic heterocycles. The Morgan fingerprint density at radius 2 is 1.66 bits per heavy atom. The Bertz CT molecular complexity index is 1200. The van der Waals surface area contributed by atoms with Crippen LogP contribution in [0.1, 0.15) is 33.9 Å². The second-order valence-electron chi connectivity index (χ2n) is 7.89. The fourth-order valence-electron chi connectivity index (χ4n) is 3.61. The van der Waals surface area contributed by atoms with Crippen molar-refractivity contribution < 1.29 is 13.2 Å². The van der Waals surface area contributed by atoms with Crippen molar-refractivity contribution in [3.63, 3.8) is 0 Å². The molecule has 0 saturated heterocycles. The third-order valence-electron chi connectivity index (χ3n) is 5.27. The summed E-state index contributed by atoms with van der Waals surface area (Å²) in [5.41, 5.74) is 4.71. The molecule has 0 heterocycles. The van der Waals surface area contributed by atoms with Crippen molar-refractivity contribution in [2.45, 2.75) is 26.4 Å². The van der Waals surface area contributed by atoms with Crippen LogP contribution in [0.25, 0.3) is 0 Å². The van der Waals surface area contributed by atoms with Crippen molar-refractivity contribution in [3.05, 3.63) is 106 Å². The topological polar surface area (TPSA) is 66.5 Å². The maximum Gasteiger partial charge on any atom is 0.236 e. The van der Waals surface area contributed by atoms with Crippen molar-refractivity contribution in [2.75, 3.05) is 12.8 Å². The van der Waals surface area contributed by atoms with E-state index in [1.165, 1.54) is 0 Å². The molecule has 168 valence electrons. The molecule has 0 fully saturated rings. The largest absolute Gasteiger partial charge is 0.344 e. The lowest BCUT2D eigenvalue weighted by Gasteiger charge is -2.25. The first-order valence-electron chi connectivity index (χ1n) is 10.2. The standard InChI is InChI=1S/C25H27ClN2O3S/c1-18-13-14-22(19(2)15-18)25(20-9-5-4-6-10-20)27-24(29)17-28(32(3,30)31)16-21-11-7-8-12-23(21)26/h4-15,25H,16-17H2,1-3H3,(H,27,29)/t25-/m1/s1. The van der Waals surface area contributed by atoms with Crippen LogP contribution in [0.5, 0.6) is 0 Å². The molecular weight excluding hydrogens is 444 g/mol. The zero-order chi connectivity index (χ0) is 23.3. The first-order valence-corrected chi connectivity index (χ1v) is 12.5. The second-order valence-corrected chi connectivity index (χ2v) is 10.3. The molecule has 0 spiro atoms. The molecule has 0 bridgehead atoms. The molecule has 0 aliphatic carbocycles. The molecule has 5 nitrogen and oxygen atoms in total. The van der Waals surface area contributed by atoms with E-state index in [0.717, 1.165) is 32.8 Å². The zero-order valence-corrected chi connectivity index (χ0v) is 20.0. The predicted molar refractivity (Wildman–Crippen MR) is 129 cm³/mol. The van der Waals surface area contributed by atoms with Gasteiger partial charge in [-0.15, -0.1) is 0 Å². The smallest absolute Gasteiger partial charge is 0.236 e. The third-order valence-corrected chi connectivity index (χ3v) is 6.83. The van der Waals surface area contributed by atoms with Crippen molar-refractivity contribution >= 4 is 27.5 Å². The summed E-state index contributed by atoms with van der Waals surface area (Å²) >= 11 is 6.21. The molecule has 1 amide bonds. The summed E-state index contributed by atoms with van der Waals surface area (Å²) in [5.74, 6) is -0.392. The Balaban J connectivity index is 1.87. The minimum Gasteiger partial charge on any atom is -0.344 e. The Labute approximate surface area is 195 Å². The van der Waals surface area contributed by atoms with Crippen LogP contribution in [0, 0.1) is 13.8 Å². The van der Waals surface area contributed by atoms with Crippen LogP contribution in [-0.2, 0) is 21.4 Å². The van der Waals surface area contributed by atoms with Gasteiger partial charge in [-0.05, 0) is 42.2 Å². The average molecular weight is 471 g/mol. The van der Waals surface area contributed by atoms with E-state index in [9.17, 15) is 13.2 Å².